The van der Waals surface area contributed by atoms with E-state index in [4.69, 9.17) is 0 Å². The molecule has 1 heterocycles. The van der Waals surface area contributed by atoms with Crippen molar-refractivity contribution in [2.45, 2.75) is 0 Å². The van der Waals surface area contributed by atoms with Crippen molar-refractivity contribution in [2.24, 2.45) is 0 Å². The summed E-state index contributed by atoms with van der Waals surface area (Å²) in [6.07, 6.45) is 0. The molecule has 0 atom stereocenters. The molecule has 0 aliphatic carbocycles. The molecular formula is C2H4OSn+2. The van der Waals surface area contributed by atoms with Gasteiger partial charge in [-0.05, 0) is 0 Å². The van der Waals surface area contributed by atoms with Gasteiger partial charge < -0.3 is 4.74 Å². The van der Waals surface area contributed by atoms with Crippen LogP contribution in [0.2, 0.25) is 0 Å². The number of hydrogen-bond acceptors (Lipinski definition) is 1. The maximum atomic E-state index is 4.50. The minimum Gasteiger partial charge on any atom is -0.377 e. The smallest absolute Gasteiger partial charge is 0.377 e. The Hall–Kier alpha value is 0.759. The molecule has 2 heteroatoms. The first-order valence-corrected chi connectivity index (χ1v) is 1.08. The summed E-state index contributed by atoms with van der Waals surface area (Å²) < 4.78 is 4.50. The van der Waals surface area contributed by atoms with Crippen LogP contribution >= 0.6 is 0 Å². The molecule has 0 saturated carbocycles. The zero-order valence-electron chi connectivity index (χ0n) is 2.32. The number of ether oxygens (including phenoxy) is 1. The quantitative estimate of drug-likeness (QED) is 0.350. The fourth-order valence-corrected chi connectivity index (χ4v) is 0. The van der Waals surface area contributed by atoms with Crippen LogP contribution < -0.4 is 0 Å². The van der Waals surface area contributed by atoms with E-state index in [-0.39, 0.29) is 23.9 Å². The van der Waals surface area contributed by atoms with Crippen LogP contribution in [0.15, 0.2) is 0 Å². The Bertz CT molecular complexity index is 10.8. The predicted octanol–water partition coefficient (Wildman–Crippen LogP) is -0.364. The Balaban J connectivity index is 0.0000000900. The number of rotatable bonds is 0. The summed E-state index contributed by atoms with van der Waals surface area (Å²) in [6, 6.07) is 0. The number of hydrogen-bond donors (Lipinski definition) is 0. The van der Waals surface area contributed by atoms with Crippen molar-refractivity contribution in [1.82, 2.24) is 0 Å². The van der Waals surface area contributed by atoms with Crippen LogP contribution in [0.25, 0.3) is 0 Å². The van der Waals surface area contributed by atoms with Gasteiger partial charge in [-0.25, -0.2) is 0 Å². The molecule has 0 aromatic heterocycles. The van der Waals surface area contributed by atoms with Crippen molar-refractivity contribution in [3.63, 3.8) is 0 Å². The van der Waals surface area contributed by atoms with Crippen LogP contribution in [0.3, 0.4) is 0 Å². The maximum absolute atomic E-state index is 4.50. The van der Waals surface area contributed by atoms with E-state index in [2.05, 4.69) is 4.74 Å². The van der Waals surface area contributed by atoms with Crippen molar-refractivity contribution >= 4 is 23.9 Å². The molecule has 1 rings (SSSR count). The zero-order chi connectivity index (χ0) is 2.12. The molecule has 20 valence electrons. The van der Waals surface area contributed by atoms with Gasteiger partial charge in [0.05, 0.1) is 13.2 Å². The summed E-state index contributed by atoms with van der Waals surface area (Å²) >= 11 is 0. The van der Waals surface area contributed by atoms with Crippen molar-refractivity contribution in [1.29, 1.82) is 0 Å². The Morgan fingerprint density at radius 1 is 1.25 bits per heavy atom. The normalized spacial score (nSPS) is 18.0. The first kappa shape index (κ1) is 4.76. The Labute approximate surface area is 42.3 Å². The summed E-state index contributed by atoms with van der Waals surface area (Å²) in [5, 5.41) is 0. The molecule has 1 aliphatic rings. The van der Waals surface area contributed by atoms with E-state index < -0.39 is 0 Å². The predicted molar refractivity (Wildman–Crippen MR) is 16.6 cm³/mol. The summed E-state index contributed by atoms with van der Waals surface area (Å²) in [6.45, 7) is 2.00. The standard InChI is InChI=1S/C2H4O.Sn/c1-2-3-1;/h1-2H2;/q;+2. The molecule has 2 radical (unpaired) electrons. The van der Waals surface area contributed by atoms with E-state index in [0.717, 1.165) is 13.2 Å². The van der Waals surface area contributed by atoms with Crippen LogP contribution in [0.1, 0.15) is 0 Å². The van der Waals surface area contributed by atoms with Crippen LogP contribution in [0, 0.1) is 0 Å². The van der Waals surface area contributed by atoms with Gasteiger partial charge in [0.1, 0.15) is 0 Å². The molecule has 1 saturated heterocycles. The van der Waals surface area contributed by atoms with Crippen LogP contribution in [0.4, 0.5) is 0 Å². The Morgan fingerprint density at radius 2 is 1.50 bits per heavy atom. The zero-order valence-corrected chi connectivity index (χ0v) is 5.18. The van der Waals surface area contributed by atoms with E-state index >= 15 is 0 Å². The molecule has 0 aromatic rings. The largest absolute Gasteiger partial charge is 2.00 e. The van der Waals surface area contributed by atoms with E-state index in [1.807, 2.05) is 0 Å². The first-order valence-electron chi connectivity index (χ1n) is 1.08. The van der Waals surface area contributed by atoms with Gasteiger partial charge >= 0.3 is 23.9 Å². The molecule has 1 nitrogen and oxygen atoms in total. The molecule has 0 bridgehead atoms. The maximum Gasteiger partial charge on any atom is 2.00 e. The molecule has 0 spiro atoms. The van der Waals surface area contributed by atoms with E-state index in [0.29, 0.717) is 0 Å². The molecule has 4 heavy (non-hydrogen) atoms. The van der Waals surface area contributed by atoms with Gasteiger partial charge in [0.15, 0.2) is 0 Å². The van der Waals surface area contributed by atoms with Crippen molar-refractivity contribution in [3.05, 3.63) is 0 Å². The third-order valence-electron chi connectivity index (χ3n) is 0.204. The third kappa shape index (κ3) is 2.76. The molecule has 1 aliphatic heterocycles. The van der Waals surface area contributed by atoms with Crippen LogP contribution in [-0.4, -0.2) is 37.1 Å². The second-order valence-electron chi connectivity index (χ2n) is 0.612. The Kier molecular flexibility index (Phi) is 2.41. The summed E-state index contributed by atoms with van der Waals surface area (Å²) in [4.78, 5) is 0. The van der Waals surface area contributed by atoms with Gasteiger partial charge in [0.25, 0.3) is 0 Å². The SMILES string of the molecule is C1CO1.[Sn+2]. The molecule has 1 fully saturated rings. The average molecular weight is 163 g/mol. The second kappa shape index (κ2) is 2.02. The van der Waals surface area contributed by atoms with Gasteiger partial charge in [0.2, 0.25) is 0 Å². The van der Waals surface area contributed by atoms with Gasteiger partial charge in [-0.15, -0.1) is 0 Å². The van der Waals surface area contributed by atoms with Gasteiger partial charge in [-0.2, -0.15) is 0 Å². The monoisotopic (exact) mass is 164 g/mol. The van der Waals surface area contributed by atoms with Gasteiger partial charge in [0, 0.05) is 0 Å². The van der Waals surface area contributed by atoms with E-state index in [9.17, 15) is 0 Å². The van der Waals surface area contributed by atoms with Crippen LogP contribution in [0.5, 0.6) is 0 Å². The van der Waals surface area contributed by atoms with Crippen molar-refractivity contribution < 1.29 is 4.74 Å². The summed E-state index contributed by atoms with van der Waals surface area (Å²) in [5.74, 6) is 0. The first-order chi connectivity index (χ1) is 1.50. The molecular weight excluding hydrogens is 159 g/mol. The average Bonchev–Trinajstić information content (AvgIpc) is 1.46. The third-order valence-corrected chi connectivity index (χ3v) is 0.204. The Morgan fingerprint density at radius 3 is 1.50 bits per heavy atom. The van der Waals surface area contributed by atoms with Crippen molar-refractivity contribution in [3.8, 4) is 0 Å². The van der Waals surface area contributed by atoms with E-state index in [1.165, 1.54) is 0 Å². The summed E-state index contributed by atoms with van der Waals surface area (Å²) in [7, 11) is 0. The molecule has 0 aromatic carbocycles. The molecule has 0 unspecified atom stereocenters. The molecule has 0 amide bonds. The minimum atomic E-state index is 0. The summed E-state index contributed by atoms with van der Waals surface area (Å²) in [5.41, 5.74) is 0. The fraction of sp³-hybridized carbons (Fsp3) is 1.00. The van der Waals surface area contributed by atoms with Crippen molar-refractivity contribution in [2.75, 3.05) is 13.2 Å². The molecule has 0 N–H and O–H groups in total. The van der Waals surface area contributed by atoms with Gasteiger partial charge in [-0.3, -0.25) is 0 Å². The number of epoxide rings is 1. The minimum absolute atomic E-state index is 0. The fourth-order valence-electron chi connectivity index (χ4n) is 0. The van der Waals surface area contributed by atoms with Gasteiger partial charge in [-0.1, -0.05) is 0 Å². The second-order valence-corrected chi connectivity index (χ2v) is 0.612. The van der Waals surface area contributed by atoms with E-state index in [1.54, 1.807) is 0 Å². The van der Waals surface area contributed by atoms with Crippen LogP contribution in [-0.2, 0) is 4.74 Å². The topological polar surface area (TPSA) is 12.5 Å².